The van der Waals surface area contributed by atoms with E-state index < -0.39 is 0 Å². The van der Waals surface area contributed by atoms with E-state index >= 15 is 0 Å². The molecule has 0 aliphatic carbocycles. The first-order valence-corrected chi connectivity index (χ1v) is 10.2. The van der Waals surface area contributed by atoms with Crippen LogP contribution in [0.2, 0.25) is 0 Å². The molecule has 0 spiro atoms. The van der Waals surface area contributed by atoms with Gasteiger partial charge in [0.05, 0.1) is 11.8 Å². The summed E-state index contributed by atoms with van der Waals surface area (Å²) in [7, 11) is 0. The lowest BCUT2D eigenvalue weighted by Gasteiger charge is -2.13. The largest absolute Gasteiger partial charge is 0.507 e. The van der Waals surface area contributed by atoms with Gasteiger partial charge in [-0.15, -0.1) is 0 Å². The molecule has 156 valence electrons. The van der Waals surface area contributed by atoms with Crippen molar-refractivity contribution in [1.29, 1.82) is 0 Å². The molecule has 1 aliphatic rings. The summed E-state index contributed by atoms with van der Waals surface area (Å²) >= 11 is 0. The molecule has 0 atom stereocenters. The third kappa shape index (κ3) is 4.49. The highest BCUT2D eigenvalue weighted by molar-refractivity contribution is 5.80. The monoisotopic (exact) mass is 406 g/mol. The second-order valence-corrected chi connectivity index (χ2v) is 7.38. The zero-order valence-electron chi connectivity index (χ0n) is 17.2. The summed E-state index contributed by atoms with van der Waals surface area (Å²) in [5.41, 5.74) is 3.22. The van der Waals surface area contributed by atoms with Crippen molar-refractivity contribution in [2.45, 2.75) is 26.4 Å². The minimum atomic E-state index is 0.191. The molecule has 6 heteroatoms. The van der Waals surface area contributed by atoms with E-state index in [1.54, 1.807) is 12.1 Å². The van der Waals surface area contributed by atoms with Crippen LogP contribution in [0, 0.1) is 0 Å². The molecule has 0 bridgehead atoms. The normalized spacial score (nSPS) is 12.4. The number of pyridine rings is 1. The van der Waals surface area contributed by atoms with Crippen molar-refractivity contribution in [3.8, 4) is 39.6 Å². The molecule has 3 aromatic rings. The number of phenolic OH excluding ortho intramolecular Hbond substituents is 1. The standard InChI is InChI=1S/C24H26N2O4/c1-16(2)28-12-6-11-25-23-14-17(18-8-5-10-22-24(18)30-15-29-22)13-20(26-23)19-7-3-4-9-21(19)27/h3-5,7-10,13-14,16,27H,6,11-12,15H2,1-2H3,(H,25,26). The van der Waals surface area contributed by atoms with Gasteiger partial charge in [0.25, 0.3) is 0 Å². The number of phenols is 1. The maximum atomic E-state index is 10.3. The van der Waals surface area contributed by atoms with E-state index in [-0.39, 0.29) is 18.6 Å². The van der Waals surface area contributed by atoms with Crippen molar-refractivity contribution in [2.24, 2.45) is 0 Å². The van der Waals surface area contributed by atoms with Gasteiger partial charge in [0.15, 0.2) is 11.5 Å². The molecule has 2 aromatic carbocycles. The number of para-hydroxylation sites is 2. The molecule has 0 fully saturated rings. The van der Waals surface area contributed by atoms with Crippen LogP contribution in [0.25, 0.3) is 22.4 Å². The molecule has 0 radical (unpaired) electrons. The van der Waals surface area contributed by atoms with Gasteiger partial charge in [-0.3, -0.25) is 0 Å². The summed E-state index contributed by atoms with van der Waals surface area (Å²) in [6.07, 6.45) is 1.09. The number of rotatable bonds is 8. The van der Waals surface area contributed by atoms with E-state index in [0.717, 1.165) is 41.4 Å². The summed E-state index contributed by atoms with van der Waals surface area (Å²) in [6.45, 7) is 5.69. The topological polar surface area (TPSA) is 72.8 Å². The number of ether oxygens (including phenoxy) is 3. The maximum absolute atomic E-state index is 10.3. The van der Waals surface area contributed by atoms with Gasteiger partial charge >= 0.3 is 0 Å². The van der Waals surface area contributed by atoms with Gasteiger partial charge in [-0.05, 0) is 56.2 Å². The van der Waals surface area contributed by atoms with E-state index in [2.05, 4.69) is 5.32 Å². The molecule has 30 heavy (non-hydrogen) atoms. The lowest BCUT2D eigenvalue weighted by Crippen LogP contribution is -2.10. The van der Waals surface area contributed by atoms with Crippen molar-refractivity contribution in [3.63, 3.8) is 0 Å². The van der Waals surface area contributed by atoms with Crippen molar-refractivity contribution in [2.75, 3.05) is 25.3 Å². The molecule has 0 amide bonds. The van der Waals surface area contributed by atoms with Crippen LogP contribution in [-0.2, 0) is 4.74 Å². The fourth-order valence-corrected chi connectivity index (χ4v) is 3.37. The molecule has 6 nitrogen and oxygen atoms in total. The molecule has 1 aromatic heterocycles. The molecule has 0 saturated carbocycles. The number of aromatic nitrogens is 1. The van der Waals surface area contributed by atoms with Crippen molar-refractivity contribution >= 4 is 5.82 Å². The van der Waals surface area contributed by atoms with E-state index in [0.29, 0.717) is 17.9 Å². The molecule has 0 saturated heterocycles. The number of nitrogens with one attached hydrogen (secondary N) is 1. The highest BCUT2D eigenvalue weighted by Gasteiger charge is 2.20. The molecule has 4 rings (SSSR count). The quantitative estimate of drug-likeness (QED) is 0.509. The second-order valence-electron chi connectivity index (χ2n) is 7.38. The average molecular weight is 406 g/mol. The molecule has 2 N–H and O–H groups in total. The lowest BCUT2D eigenvalue weighted by atomic mass is 10.0. The number of fused-ring (bicyclic) bond motifs is 1. The molecular formula is C24H26N2O4. The summed E-state index contributed by atoms with van der Waals surface area (Å²) in [4.78, 5) is 4.73. The number of benzene rings is 2. The first kappa shape index (κ1) is 20.0. The fraction of sp³-hybridized carbons (Fsp3) is 0.292. The van der Waals surface area contributed by atoms with Crippen LogP contribution in [0.4, 0.5) is 5.82 Å². The highest BCUT2D eigenvalue weighted by Crippen LogP contribution is 2.42. The Kier molecular flexibility index (Phi) is 6.05. The highest BCUT2D eigenvalue weighted by atomic mass is 16.7. The molecular weight excluding hydrogens is 380 g/mol. The van der Waals surface area contributed by atoms with E-state index in [4.69, 9.17) is 19.2 Å². The Bertz CT molecular complexity index is 1020. The Labute approximate surface area is 176 Å². The summed E-state index contributed by atoms with van der Waals surface area (Å²) in [6, 6.07) is 17.0. The van der Waals surface area contributed by atoms with Crippen LogP contribution >= 0.6 is 0 Å². The smallest absolute Gasteiger partial charge is 0.231 e. The predicted octanol–water partition coefficient (Wildman–Crippen LogP) is 5.08. The third-order valence-electron chi connectivity index (χ3n) is 4.79. The Morgan fingerprint density at radius 1 is 1.07 bits per heavy atom. The SMILES string of the molecule is CC(C)OCCCNc1cc(-c2cccc3c2OCO3)cc(-c2ccccc2O)n1. The maximum Gasteiger partial charge on any atom is 0.231 e. The van der Waals surface area contributed by atoms with Crippen molar-refractivity contribution < 1.29 is 19.3 Å². The lowest BCUT2D eigenvalue weighted by molar-refractivity contribution is 0.0787. The van der Waals surface area contributed by atoms with Crippen LogP contribution in [0.1, 0.15) is 20.3 Å². The van der Waals surface area contributed by atoms with Crippen LogP contribution in [0.5, 0.6) is 17.2 Å². The van der Waals surface area contributed by atoms with Crippen LogP contribution in [0.15, 0.2) is 54.6 Å². The number of nitrogens with zero attached hydrogens (tertiary/aromatic N) is 1. The fourth-order valence-electron chi connectivity index (χ4n) is 3.37. The van der Waals surface area contributed by atoms with Gasteiger partial charge in [-0.2, -0.15) is 0 Å². The van der Waals surface area contributed by atoms with Gasteiger partial charge in [0.1, 0.15) is 11.6 Å². The van der Waals surface area contributed by atoms with Gasteiger partial charge < -0.3 is 24.6 Å². The van der Waals surface area contributed by atoms with Crippen LogP contribution in [0.3, 0.4) is 0 Å². The second kappa shape index (κ2) is 9.05. The van der Waals surface area contributed by atoms with E-state index in [9.17, 15) is 5.11 Å². The molecule has 1 aliphatic heterocycles. The number of hydrogen-bond acceptors (Lipinski definition) is 6. The predicted molar refractivity (Wildman–Crippen MR) is 117 cm³/mol. The number of anilines is 1. The van der Waals surface area contributed by atoms with Gasteiger partial charge in [-0.1, -0.05) is 24.3 Å². The Morgan fingerprint density at radius 3 is 2.73 bits per heavy atom. The Hall–Kier alpha value is -3.25. The van der Waals surface area contributed by atoms with Crippen molar-refractivity contribution in [3.05, 3.63) is 54.6 Å². The van der Waals surface area contributed by atoms with Crippen molar-refractivity contribution in [1.82, 2.24) is 4.98 Å². The van der Waals surface area contributed by atoms with Gasteiger partial charge in [0.2, 0.25) is 6.79 Å². The first-order chi connectivity index (χ1) is 14.6. The van der Waals surface area contributed by atoms with Gasteiger partial charge in [0, 0.05) is 24.3 Å². The zero-order valence-corrected chi connectivity index (χ0v) is 17.2. The third-order valence-corrected chi connectivity index (χ3v) is 4.79. The van der Waals surface area contributed by atoms with Crippen LogP contribution < -0.4 is 14.8 Å². The average Bonchev–Trinajstić information content (AvgIpc) is 3.22. The zero-order chi connectivity index (χ0) is 20.9. The summed E-state index contributed by atoms with van der Waals surface area (Å²) in [5.74, 6) is 2.38. The number of hydrogen-bond donors (Lipinski definition) is 2. The van der Waals surface area contributed by atoms with Crippen LogP contribution in [-0.4, -0.2) is 36.1 Å². The Morgan fingerprint density at radius 2 is 1.90 bits per heavy atom. The first-order valence-electron chi connectivity index (χ1n) is 10.2. The van der Waals surface area contributed by atoms with Gasteiger partial charge in [-0.25, -0.2) is 4.98 Å². The minimum Gasteiger partial charge on any atom is -0.507 e. The summed E-state index contributed by atoms with van der Waals surface area (Å²) in [5, 5.41) is 13.7. The summed E-state index contributed by atoms with van der Waals surface area (Å²) < 4.78 is 16.8. The number of aromatic hydroxyl groups is 1. The van der Waals surface area contributed by atoms with E-state index in [1.165, 1.54) is 0 Å². The minimum absolute atomic E-state index is 0.191. The Balaban J connectivity index is 1.67. The van der Waals surface area contributed by atoms with E-state index in [1.807, 2.05) is 56.3 Å². The molecule has 2 heterocycles. The molecule has 0 unspecified atom stereocenters.